The van der Waals surface area contributed by atoms with E-state index in [0.717, 1.165) is 29.5 Å². The molecule has 0 aliphatic carbocycles. The summed E-state index contributed by atoms with van der Waals surface area (Å²) in [5.74, 6) is 0.916. The summed E-state index contributed by atoms with van der Waals surface area (Å²) in [7, 11) is 1.63. The average Bonchev–Trinajstić information content (AvgIpc) is 3.46. The van der Waals surface area contributed by atoms with Crippen molar-refractivity contribution in [2.24, 2.45) is 0 Å². The summed E-state index contributed by atoms with van der Waals surface area (Å²) < 4.78 is 23.1. The van der Waals surface area contributed by atoms with Crippen molar-refractivity contribution in [1.29, 1.82) is 5.26 Å². The molecule has 10 nitrogen and oxygen atoms in total. The minimum Gasteiger partial charge on any atom is -0.489 e. The number of hydrogen-bond acceptors (Lipinski definition) is 8. The van der Waals surface area contributed by atoms with Gasteiger partial charge in [0.2, 0.25) is 0 Å². The van der Waals surface area contributed by atoms with Gasteiger partial charge in [0.25, 0.3) is 5.91 Å². The summed E-state index contributed by atoms with van der Waals surface area (Å²) in [4.78, 5) is 30.7. The number of aromatic nitrogens is 1. The summed E-state index contributed by atoms with van der Waals surface area (Å²) in [6, 6.07) is 18.6. The molecule has 1 fully saturated rings. The second-order valence-corrected chi connectivity index (χ2v) is 11.7. The van der Waals surface area contributed by atoms with Gasteiger partial charge in [0, 0.05) is 61.9 Å². The van der Waals surface area contributed by atoms with Gasteiger partial charge in [-0.1, -0.05) is 18.2 Å². The highest BCUT2D eigenvalue weighted by atomic mass is 16.6. The minimum absolute atomic E-state index is 0.0327. The molecule has 2 aromatic heterocycles. The number of nitriles is 1. The molecular weight excluding hydrogens is 560 g/mol. The molecule has 4 aromatic rings. The zero-order valence-corrected chi connectivity index (χ0v) is 25.4. The smallest absolute Gasteiger partial charge is 0.410 e. The number of rotatable bonds is 8. The number of ether oxygens (including phenoxy) is 3. The molecule has 1 N–H and O–H groups in total. The number of benzene rings is 2. The molecule has 0 unspecified atom stereocenters. The lowest BCUT2D eigenvalue weighted by Crippen LogP contribution is -2.39. The fourth-order valence-corrected chi connectivity index (χ4v) is 4.82. The molecule has 0 bridgehead atoms. The van der Waals surface area contributed by atoms with Gasteiger partial charge in [0.1, 0.15) is 34.8 Å². The summed E-state index contributed by atoms with van der Waals surface area (Å²) in [6.45, 7) is 7.33. The van der Waals surface area contributed by atoms with Crippen molar-refractivity contribution in [2.45, 2.75) is 45.3 Å². The Bertz CT molecular complexity index is 1680. The number of carbonyl (C=O) groups excluding carboxylic acids is 2. The van der Waals surface area contributed by atoms with E-state index in [4.69, 9.17) is 18.6 Å². The summed E-state index contributed by atoms with van der Waals surface area (Å²) >= 11 is 0. The van der Waals surface area contributed by atoms with Gasteiger partial charge >= 0.3 is 6.09 Å². The fourth-order valence-electron chi connectivity index (χ4n) is 4.82. The van der Waals surface area contributed by atoms with Gasteiger partial charge in [0.15, 0.2) is 5.58 Å². The van der Waals surface area contributed by atoms with Crippen LogP contribution in [0.2, 0.25) is 0 Å². The number of pyridine rings is 1. The third-order valence-electron chi connectivity index (χ3n) is 7.15. The number of nitrogens with one attached hydrogen (secondary N) is 1. The Labute approximate surface area is 256 Å². The Morgan fingerprint density at radius 2 is 1.80 bits per heavy atom. The quantitative estimate of drug-likeness (QED) is 0.255. The number of hydrogen-bond donors (Lipinski definition) is 1. The molecule has 0 saturated carbocycles. The highest BCUT2D eigenvalue weighted by molar-refractivity contribution is 5.95. The van der Waals surface area contributed by atoms with E-state index in [2.05, 4.69) is 16.4 Å². The topological polar surface area (TPSA) is 127 Å². The monoisotopic (exact) mass is 596 g/mol. The first kappa shape index (κ1) is 30.6. The predicted octanol–water partition coefficient (Wildman–Crippen LogP) is 6.19. The molecular formula is C34H36N4O6. The van der Waals surface area contributed by atoms with Gasteiger partial charge in [-0.25, -0.2) is 4.79 Å². The number of fused-ring (bicyclic) bond motifs is 1. The van der Waals surface area contributed by atoms with Crippen LogP contribution >= 0.6 is 0 Å². The van der Waals surface area contributed by atoms with E-state index in [-0.39, 0.29) is 18.6 Å². The van der Waals surface area contributed by atoms with E-state index in [1.165, 1.54) is 4.90 Å². The van der Waals surface area contributed by atoms with E-state index in [1.54, 1.807) is 46.1 Å². The Kier molecular flexibility index (Phi) is 9.16. The van der Waals surface area contributed by atoms with Gasteiger partial charge in [-0.15, -0.1) is 0 Å². The second-order valence-electron chi connectivity index (χ2n) is 11.7. The molecule has 1 aliphatic heterocycles. The number of likely N-dealkylation sites (N-methyl/N-ethyl adjacent to an activating group) is 1. The van der Waals surface area contributed by atoms with E-state index in [1.807, 2.05) is 42.5 Å². The van der Waals surface area contributed by atoms with E-state index < -0.39 is 11.7 Å². The minimum atomic E-state index is -0.583. The molecule has 0 atom stereocenters. The SMILES string of the molecule is CN(CCNC(=O)c1ccc(-c2cc3nccc(-c4ccc(OC5CCOCC5)c(C#N)c4)c3o2)cc1)C(=O)OC(C)(C)C. The van der Waals surface area contributed by atoms with Gasteiger partial charge in [-0.05, 0) is 56.7 Å². The molecule has 10 heteroatoms. The maximum Gasteiger partial charge on any atom is 0.410 e. The standard InChI is InChI=1S/C34H36N4O6/c1-34(2,3)44-33(40)38(4)16-15-37-32(39)23-7-5-22(6-8-23)30-20-28-31(43-30)27(11-14-36-28)24-9-10-29(25(19-24)21-35)42-26-12-17-41-18-13-26/h5-11,14,19-20,26H,12-13,15-18H2,1-4H3,(H,37,39). The second kappa shape index (κ2) is 13.2. The van der Waals surface area contributed by atoms with Crippen LogP contribution < -0.4 is 10.1 Å². The maximum atomic E-state index is 12.7. The molecule has 228 valence electrons. The lowest BCUT2D eigenvalue weighted by Gasteiger charge is -2.24. The van der Waals surface area contributed by atoms with E-state index in [0.29, 0.717) is 53.5 Å². The highest BCUT2D eigenvalue weighted by Crippen LogP contribution is 2.35. The summed E-state index contributed by atoms with van der Waals surface area (Å²) in [6.07, 6.45) is 2.90. The van der Waals surface area contributed by atoms with Crippen molar-refractivity contribution >= 4 is 23.1 Å². The van der Waals surface area contributed by atoms with Crippen LogP contribution in [0.3, 0.4) is 0 Å². The molecule has 2 amide bonds. The van der Waals surface area contributed by atoms with Crippen LogP contribution in [0.5, 0.6) is 5.75 Å². The third-order valence-corrected chi connectivity index (χ3v) is 7.15. The zero-order chi connectivity index (χ0) is 31.3. The number of carbonyl (C=O) groups is 2. The lowest BCUT2D eigenvalue weighted by atomic mass is 10.0. The van der Waals surface area contributed by atoms with Crippen molar-refractivity contribution in [2.75, 3.05) is 33.4 Å². The van der Waals surface area contributed by atoms with Crippen molar-refractivity contribution < 1.29 is 28.2 Å². The van der Waals surface area contributed by atoms with Crippen LogP contribution in [0.15, 0.2) is 65.2 Å². The van der Waals surface area contributed by atoms with Gasteiger partial charge in [-0.2, -0.15) is 5.26 Å². The lowest BCUT2D eigenvalue weighted by molar-refractivity contribution is 0.0254. The maximum absolute atomic E-state index is 12.7. The van der Waals surface area contributed by atoms with Crippen molar-refractivity contribution in [3.63, 3.8) is 0 Å². The Balaban J connectivity index is 1.27. The van der Waals surface area contributed by atoms with Crippen molar-refractivity contribution in [3.8, 4) is 34.3 Å². The molecule has 0 spiro atoms. The average molecular weight is 597 g/mol. The molecule has 44 heavy (non-hydrogen) atoms. The van der Waals surface area contributed by atoms with Crippen LogP contribution in [0.4, 0.5) is 4.79 Å². The van der Waals surface area contributed by atoms with Crippen LogP contribution in [0, 0.1) is 11.3 Å². The normalized spacial score (nSPS) is 13.7. The first-order valence-electron chi connectivity index (χ1n) is 14.6. The van der Waals surface area contributed by atoms with E-state index >= 15 is 0 Å². The van der Waals surface area contributed by atoms with Crippen LogP contribution in [-0.2, 0) is 9.47 Å². The Morgan fingerprint density at radius 3 is 2.50 bits per heavy atom. The molecule has 1 saturated heterocycles. The van der Waals surface area contributed by atoms with Crippen LogP contribution in [-0.4, -0.2) is 66.9 Å². The largest absolute Gasteiger partial charge is 0.489 e. The van der Waals surface area contributed by atoms with E-state index in [9.17, 15) is 14.9 Å². The number of furan rings is 1. The predicted molar refractivity (Wildman–Crippen MR) is 165 cm³/mol. The van der Waals surface area contributed by atoms with Crippen LogP contribution in [0.1, 0.15) is 49.5 Å². The van der Waals surface area contributed by atoms with Crippen LogP contribution in [0.25, 0.3) is 33.6 Å². The zero-order valence-electron chi connectivity index (χ0n) is 25.4. The number of nitrogens with zero attached hydrogens (tertiary/aromatic N) is 3. The van der Waals surface area contributed by atoms with Crippen molar-refractivity contribution in [3.05, 3.63) is 71.9 Å². The van der Waals surface area contributed by atoms with Crippen molar-refractivity contribution in [1.82, 2.24) is 15.2 Å². The first-order valence-corrected chi connectivity index (χ1v) is 14.6. The molecule has 2 aromatic carbocycles. The first-order chi connectivity index (χ1) is 21.1. The third kappa shape index (κ3) is 7.36. The van der Waals surface area contributed by atoms with Gasteiger partial charge in [-0.3, -0.25) is 9.78 Å². The Morgan fingerprint density at radius 1 is 1.07 bits per heavy atom. The molecule has 5 rings (SSSR count). The Hall–Kier alpha value is -4.88. The fraction of sp³-hybridized carbons (Fsp3) is 0.353. The van der Waals surface area contributed by atoms with Gasteiger partial charge < -0.3 is 28.8 Å². The highest BCUT2D eigenvalue weighted by Gasteiger charge is 2.21. The van der Waals surface area contributed by atoms with Gasteiger partial charge in [0.05, 0.1) is 18.8 Å². The number of amides is 2. The summed E-state index contributed by atoms with van der Waals surface area (Å²) in [5.41, 5.74) is 4.04. The summed E-state index contributed by atoms with van der Waals surface area (Å²) in [5, 5.41) is 12.7. The molecule has 3 heterocycles. The molecule has 1 aliphatic rings. The molecule has 0 radical (unpaired) electrons.